The number of nitrogens with zero attached hydrogens (tertiary/aromatic N) is 2. The van der Waals surface area contributed by atoms with E-state index in [0.29, 0.717) is 24.3 Å². The van der Waals surface area contributed by atoms with Crippen molar-refractivity contribution in [1.29, 1.82) is 0 Å². The number of carbonyl (C=O) groups is 1. The van der Waals surface area contributed by atoms with Crippen molar-refractivity contribution in [3.8, 4) is 17.0 Å². The van der Waals surface area contributed by atoms with Gasteiger partial charge in [0.15, 0.2) is 0 Å². The smallest absolute Gasteiger partial charge is 0.253 e. The molecule has 0 fully saturated rings. The van der Waals surface area contributed by atoms with Gasteiger partial charge >= 0.3 is 0 Å². The Morgan fingerprint density at radius 3 is 2.59 bits per heavy atom. The molecule has 6 nitrogen and oxygen atoms in total. The number of ether oxygens (including phenoxy) is 1. The minimum Gasteiger partial charge on any atom is -0.497 e. The minimum atomic E-state index is -0.167. The molecule has 0 aliphatic heterocycles. The summed E-state index contributed by atoms with van der Waals surface area (Å²) in [4.78, 5) is 28.9. The maximum Gasteiger partial charge on any atom is 0.253 e. The quantitative estimate of drug-likeness (QED) is 0.557. The van der Waals surface area contributed by atoms with E-state index in [-0.39, 0.29) is 11.5 Å². The highest BCUT2D eigenvalue weighted by Crippen LogP contribution is 2.19. The van der Waals surface area contributed by atoms with Crippen LogP contribution in [0.1, 0.15) is 10.4 Å². The number of hydrogen-bond donors (Lipinski definition) is 1. The lowest BCUT2D eigenvalue weighted by atomic mass is 10.1. The number of hydrogen-bond acceptors (Lipinski definition) is 4. The van der Waals surface area contributed by atoms with Crippen molar-refractivity contribution in [3.05, 3.63) is 80.4 Å². The molecule has 3 aromatic rings. The first-order valence-electron chi connectivity index (χ1n) is 8.32. The standard InChI is InChI=1S/C20H18IN3O3/c1-27-15-8-6-14(7-9-15)18-12-19(25)24(13-23-18)11-10-22-20(26)16-4-2-3-5-17(16)21/h2-9,12-13H,10-11H2,1H3,(H,22,26). The van der Waals surface area contributed by atoms with Crippen LogP contribution in [-0.4, -0.2) is 29.1 Å². The molecule has 0 radical (unpaired) electrons. The lowest BCUT2D eigenvalue weighted by molar-refractivity contribution is 0.0951. The first kappa shape index (κ1) is 19.1. The summed E-state index contributed by atoms with van der Waals surface area (Å²) >= 11 is 2.12. The molecule has 0 atom stereocenters. The largest absolute Gasteiger partial charge is 0.497 e. The fourth-order valence-corrected chi connectivity index (χ4v) is 3.18. The molecular weight excluding hydrogens is 457 g/mol. The van der Waals surface area contributed by atoms with Gasteiger partial charge in [-0.25, -0.2) is 4.98 Å². The number of aromatic nitrogens is 2. The van der Waals surface area contributed by atoms with E-state index >= 15 is 0 Å². The number of nitrogens with one attached hydrogen (secondary N) is 1. The van der Waals surface area contributed by atoms with Gasteiger partial charge in [0.1, 0.15) is 5.75 Å². The Hall–Kier alpha value is -2.68. The maximum atomic E-state index is 12.3. The van der Waals surface area contributed by atoms with Crippen LogP contribution in [-0.2, 0) is 6.54 Å². The number of amides is 1. The van der Waals surface area contributed by atoms with Crippen LogP contribution in [0.5, 0.6) is 5.75 Å². The fraction of sp³-hybridized carbons (Fsp3) is 0.150. The summed E-state index contributed by atoms with van der Waals surface area (Å²) in [6.45, 7) is 0.692. The highest BCUT2D eigenvalue weighted by molar-refractivity contribution is 14.1. The molecule has 2 aromatic carbocycles. The Morgan fingerprint density at radius 1 is 1.19 bits per heavy atom. The van der Waals surface area contributed by atoms with Crippen LogP contribution in [0.2, 0.25) is 0 Å². The van der Waals surface area contributed by atoms with Crippen molar-refractivity contribution < 1.29 is 9.53 Å². The highest BCUT2D eigenvalue weighted by atomic mass is 127. The van der Waals surface area contributed by atoms with Gasteiger partial charge in [-0.15, -0.1) is 0 Å². The molecule has 0 saturated heterocycles. The molecule has 1 heterocycles. The summed E-state index contributed by atoms with van der Waals surface area (Å²) < 4.78 is 7.49. The zero-order valence-electron chi connectivity index (χ0n) is 14.7. The van der Waals surface area contributed by atoms with Gasteiger partial charge in [-0.1, -0.05) is 12.1 Å². The highest BCUT2D eigenvalue weighted by Gasteiger charge is 2.09. The second-order valence-corrected chi connectivity index (χ2v) is 6.93. The van der Waals surface area contributed by atoms with Crippen LogP contribution < -0.4 is 15.6 Å². The molecule has 0 unspecified atom stereocenters. The number of rotatable bonds is 6. The summed E-state index contributed by atoms with van der Waals surface area (Å²) in [5.74, 6) is 0.590. The Bertz CT molecular complexity index is 1000. The number of halogens is 1. The molecule has 138 valence electrons. The van der Waals surface area contributed by atoms with Crippen LogP contribution in [0.3, 0.4) is 0 Å². The van der Waals surface area contributed by atoms with Crippen LogP contribution in [0, 0.1) is 3.57 Å². The second-order valence-electron chi connectivity index (χ2n) is 5.77. The monoisotopic (exact) mass is 475 g/mol. The Balaban J connectivity index is 1.63. The summed E-state index contributed by atoms with van der Waals surface area (Å²) in [6.07, 6.45) is 1.50. The van der Waals surface area contributed by atoms with E-state index in [1.54, 1.807) is 13.2 Å². The average molecular weight is 475 g/mol. The molecular formula is C20H18IN3O3. The van der Waals surface area contributed by atoms with Gasteiger partial charge in [0.05, 0.1) is 24.7 Å². The molecule has 0 aliphatic rings. The number of methoxy groups -OCH3 is 1. The molecule has 0 saturated carbocycles. The SMILES string of the molecule is COc1ccc(-c2cc(=O)n(CCNC(=O)c3ccccc3I)cn2)cc1. The Labute approximate surface area is 170 Å². The van der Waals surface area contributed by atoms with E-state index in [0.717, 1.165) is 14.9 Å². The third-order valence-corrected chi connectivity index (χ3v) is 4.96. The average Bonchev–Trinajstić information content (AvgIpc) is 2.69. The van der Waals surface area contributed by atoms with Crippen molar-refractivity contribution in [3.63, 3.8) is 0 Å². The predicted octanol–water partition coefficient (Wildman–Crippen LogP) is 2.95. The van der Waals surface area contributed by atoms with Crippen molar-refractivity contribution in [1.82, 2.24) is 14.9 Å². The van der Waals surface area contributed by atoms with Crippen LogP contribution in [0.4, 0.5) is 0 Å². The minimum absolute atomic E-state index is 0.157. The Kier molecular flexibility index (Phi) is 6.23. The van der Waals surface area contributed by atoms with Crippen LogP contribution >= 0.6 is 22.6 Å². The van der Waals surface area contributed by atoms with Crippen molar-refractivity contribution >= 4 is 28.5 Å². The summed E-state index contributed by atoms with van der Waals surface area (Å²) in [5, 5.41) is 2.83. The van der Waals surface area contributed by atoms with Crippen molar-refractivity contribution in [2.24, 2.45) is 0 Å². The lowest BCUT2D eigenvalue weighted by Gasteiger charge is -2.09. The topological polar surface area (TPSA) is 73.2 Å². The lowest BCUT2D eigenvalue weighted by Crippen LogP contribution is -2.31. The van der Waals surface area contributed by atoms with Gasteiger partial charge in [-0.05, 0) is 59.0 Å². The first-order valence-corrected chi connectivity index (χ1v) is 9.40. The van der Waals surface area contributed by atoms with E-state index in [1.165, 1.54) is 17.0 Å². The van der Waals surface area contributed by atoms with Gasteiger partial charge in [0.2, 0.25) is 0 Å². The third-order valence-electron chi connectivity index (χ3n) is 4.02. The van der Waals surface area contributed by atoms with E-state index in [1.807, 2.05) is 42.5 Å². The normalized spacial score (nSPS) is 10.4. The zero-order chi connectivity index (χ0) is 19.2. The number of benzene rings is 2. The van der Waals surface area contributed by atoms with Gasteiger partial charge < -0.3 is 10.1 Å². The summed E-state index contributed by atoms with van der Waals surface area (Å²) in [5.41, 5.74) is 1.89. The van der Waals surface area contributed by atoms with Crippen LogP contribution in [0.15, 0.2) is 65.7 Å². The molecule has 0 bridgehead atoms. The zero-order valence-corrected chi connectivity index (χ0v) is 16.8. The molecule has 1 amide bonds. The summed E-state index contributed by atoms with van der Waals surface area (Å²) in [7, 11) is 1.60. The van der Waals surface area contributed by atoms with Gasteiger partial charge in [0.25, 0.3) is 11.5 Å². The van der Waals surface area contributed by atoms with Gasteiger partial charge in [-0.2, -0.15) is 0 Å². The third kappa shape index (κ3) is 4.73. The molecule has 1 aromatic heterocycles. The van der Waals surface area contributed by atoms with E-state index < -0.39 is 0 Å². The number of carbonyl (C=O) groups excluding carboxylic acids is 1. The first-order chi connectivity index (χ1) is 13.1. The van der Waals surface area contributed by atoms with Gasteiger partial charge in [0, 0.05) is 28.3 Å². The van der Waals surface area contributed by atoms with Gasteiger partial charge in [-0.3, -0.25) is 14.2 Å². The molecule has 3 rings (SSSR count). The van der Waals surface area contributed by atoms with E-state index in [2.05, 4.69) is 32.9 Å². The second kappa shape index (κ2) is 8.81. The molecule has 0 aliphatic carbocycles. The van der Waals surface area contributed by atoms with E-state index in [4.69, 9.17) is 4.74 Å². The predicted molar refractivity (Wildman–Crippen MR) is 112 cm³/mol. The molecule has 27 heavy (non-hydrogen) atoms. The Morgan fingerprint density at radius 2 is 1.93 bits per heavy atom. The fourth-order valence-electron chi connectivity index (χ4n) is 2.54. The van der Waals surface area contributed by atoms with E-state index in [9.17, 15) is 9.59 Å². The van der Waals surface area contributed by atoms with Crippen molar-refractivity contribution in [2.75, 3.05) is 13.7 Å². The molecule has 0 spiro atoms. The maximum absolute atomic E-state index is 12.3. The van der Waals surface area contributed by atoms with Crippen molar-refractivity contribution in [2.45, 2.75) is 6.54 Å². The molecule has 1 N–H and O–H groups in total. The van der Waals surface area contributed by atoms with Crippen LogP contribution in [0.25, 0.3) is 11.3 Å². The summed E-state index contributed by atoms with van der Waals surface area (Å²) in [6, 6.07) is 16.2. The molecule has 7 heteroatoms.